The van der Waals surface area contributed by atoms with Crippen LogP contribution in [0.3, 0.4) is 0 Å². The van der Waals surface area contributed by atoms with Gasteiger partial charge in [0.2, 0.25) is 0 Å². The van der Waals surface area contributed by atoms with Crippen molar-refractivity contribution in [2.75, 3.05) is 0 Å². The van der Waals surface area contributed by atoms with Crippen LogP contribution < -0.4 is 0 Å². The predicted molar refractivity (Wildman–Crippen MR) is 44.9 cm³/mol. The molecule has 0 aliphatic rings. The lowest BCUT2D eigenvalue weighted by atomic mass is 10.3. The number of aromatic amines is 1. The molecule has 0 radical (unpaired) electrons. The molecule has 0 saturated carbocycles. The molecule has 0 aliphatic carbocycles. The van der Waals surface area contributed by atoms with Crippen LogP contribution in [0.1, 0.15) is 24.7 Å². The fourth-order valence-corrected chi connectivity index (χ4v) is 0.993. The second-order valence-electron chi connectivity index (χ2n) is 2.39. The van der Waals surface area contributed by atoms with Crippen LogP contribution in [-0.4, -0.2) is 4.98 Å². The smallest absolute Gasteiger partial charge is 0.0376 e. The summed E-state index contributed by atoms with van der Waals surface area (Å²) in [6, 6.07) is 4.17. The fraction of sp³-hybridized carbons (Fsp3) is 0.333. The molecule has 54 valence electrons. The summed E-state index contributed by atoms with van der Waals surface area (Å²) in [6.07, 6.45) is 4.16. The number of aromatic nitrogens is 1. The Morgan fingerprint density at radius 1 is 1.60 bits per heavy atom. The Morgan fingerprint density at radius 2 is 2.40 bits per heavy atom. The highest BCUT2D eigenvalue weighted by molar-refractivity contribution is 5.42. The Bertz CT molecular complexity index is 210. The van der Waals surface area contributed by atoms with Gasteiger partial charge < -0.3 is 4.98 Å². The summed E-state index contributed by atoms with van der Waals surface area (Å²) < 4.78 is 0. The van der Waals surface area contributed by atoms with Crippen LogP contribution in [0.2, 0.25) is 0 Å². The summed E-state index contributed by atoms with van der Waals surface area (Å²) in [6.45, 7) is 5.85. The topological polar surface area (TPSA) is 15.8 Å². The van der Waals surface area contributed by atoms with E-state index < -0.39 is 0 Å². The first-order valence-electron chi connectivity index (χ1n) is 3.67. The van der Waals surface area contributed by atoms with Crippen molar-refractivity contribution >= 4 is 6.08 Å². The zero-order valence-electron chi connectivity index (χ0n) is 6.35. The summed E-state index contributed by atoms with van der Waals surface area (Å²) in [5.41, 5.74) is 2.42. The van der Waals surface area contributed by atoms with Gasteiger partial charge in [0.05, 0.1) is 0 Å². The second kappa shape index (κ2) is 3.25. The number of hydrogen-bond donors (Lipinski definition) is 1. The molecular formula is C9H13N. The molecule has 0 bridgehead atoms. The van der Waals surface area contributed by atoms with Gasteiger partial charge in [-0.25, -0.2) is 0 Å². The van der Waals surface area contributed by atoms with E-state index in [1.165, 1.54) is 12.1 Å². The van der Waals surface area contributed by atoms with Gasteiger partial charge in [0.15, 0.2) is 0 Å². The SMILES string of the molecule is C=Cc1ccc(CCC)[nH]1. The third-order valence-corrected chi connectivity index (χ3v) is 1.51. The molecule has 0 amide bonds. The van der Waals surface area contributed by atoms with E-state index in [1.54, 1.807) is 0 Å². The number of hydrogen-bond acceptors (Lipinski definition) is 0. The molecule has 1 nitrogen and oxygen atoms in total. The molecule has 0 saturated heterocycles. The highest BCUT2D eigenvalue weighted by Crippen LogP contribution is 2.04. The maximum absolute atomic E-state index is 3.67. The monoisotopic (exact) mass is 135 g/mol. The number of nitrogens with one attached hydrogen (secondary N) is 1. The average molecular weight is 135 g/mol. The summed E-state index contributed by atoms with van der Waals surface area (Å²) in [7, 11) is 0. The molecular weight excluding hydrogens is 122 g/mol. The fourth-order valence-electron chi connectivity index (χ4n) is 0.993. The molecule has 1 heteroatoms. The van der Waals surface area contributed by atoms with Gasteiger partial charge in [-0.05, 0) is 24.6 Å². The van der Waals surface area contributed by atoms with Gasteiger partial charge in [0.1, 0.15) is 0 Å². The van der Waals surface area contributed by atoms with E-state index in [4.69, 9.17) is 0 Å². The minimum atomic E-state index is 1.11. The first-order chi connectivity index (χ1) is 4.86. The van der Waals surface area contributed by atoms with Crippen molar-refractivity contribution in [2.45, 2.75) is 19.8 Å². The molecule has 1 heterocycles. The molecule has 0 atom stereocenters. The summed E-state index contributed by atoms with van der Waals surface area (Å²) >= 11 is 0. The predicted octanol–water partition coefficient (Wildman–Crippen LogP) is 2.61. The largest absolute Gasteiger partial charge is 0.359 e. The third kappa shape index (κ3) is 1.50. The van der Waals surface area contributed by atoms with E-state index in [0.717, 1.165) is 12.1 Å². The van der Waals surface area contributed by atoms with Gasteiger partial charge in [-0.2, -0.15) is 0 Å². The van der Waals surface area contributed by atoms with E-state index in [9.17, 15) is 0 Å². The lowest BCUT2D eigenvalue weighted by Gasteiger charge is -1.90. The Balaban J connectivity index is 2.68. The maximum Gasteiger partial charge on any atom is 0.0376 e. The molecule has 0 aromatic carbocycles. The van der Waals surface area contributed by atoms with E-state index >= 15 is 0 Å². The maximum atomic E-state index is 3.67. The zero-order valence-corrected chi connectivity index (χ0v) is 6.35. The Morgan fingerprint density at radius 3 is 2.90 bits per heavy atom. The zero-order chi connectivity index (χ0) is 7.40. The number of aryl methyl sites for hydroxylation is 1. The Hall–Kier alpha value is -0.980. The van der Waals surface area contributed by atoms with Crippen LogP contribution in [0.25, 0.3) is 6.08 Å². The first-order valence-corrected chi connectivity index (χ1v) is 3.67. The van der Waals surface area contributed by atoms with Crippen molar-refractivity contribution in [3.8, 4) is 0 Å². The number of H-pyrrole nitrogens is 1. The molecule has 1 rings (SSSR count). The van der Waals surface area contributed by atoms with Gasteiger partial charge in [-0.3, -0.25) is 0 Å². The van der Waals surface area contributed by atoms with Crippen molar-refractivity contribution in [3.05, 3.63) is 30.1 Å². The van der Waals surface area contributed by atoms with E-state index in [0.29, 0.717) is 0 Å². The molecule has 1 N–H and O–H groups in total. The average Bonchev–Trinajstić information content (AvgIpc) is 2.37. The van der Waals surface area contributed by atoms with Crippen molar-refractivity contribution in [2.24, 2.45) is 0 Å². The molecule has 0 spiro atoms. The van der Waals surface area contributed by atoms with Gasteiger partial charge >= 0.3 is 0 Å². The minimum Gasteiger partial charge on any atom is -0.359 e. The van der Waals surface area contributed by atoms with E-state index in [1.807, 2.05) is 6.08 Å². The highest BCUT2D eigenvalue weighted by Gasteiger charge is 1.92. The van der Waals surface area contributed by atoms with Crippen LogP contribution in [0.15, 0.2) is 18.7 Å². The molecule has 1 aromatic heterocycles. The first kappa shape index (κ1) is 7.13. The minimum absolute atomic E-state index is 1.11. The molecule has 0 aliphatic heterocycles. The number of rotatable bonds is 3. The lowest BCUT2D eigenvalue weighted by Crippen LogP contribution is -1.81. The molecule has 10 heavy (non-hydrogen) atoms. The molecule has 0 unspecified atom stereocenters. The third-order valence-electron chi connectivity index (χ3n) is 1.51. The van der Waals surface area contributed by atoms with Gasteiger partial charge in [0.25, 0.3) is 0 Å². The van der Waals surface area contributed by atoms with Crippen molar-refractivity contribution in [1.29, 1.82) is 0 Å². The van der Waals surface area contributed by atoms with Crippen LogP contribution in [0, 0.1) is 0 Å². The van der Waals surface area contributed by atoms with Crippen LogP contribution in [-0.2, 0) is 6.42 Å². The van der Waals surface area contributed by atoms with Crippen molar-refractivity contribution < 1.29 is 0 Å². The van der Waals surface area contributed by atoms with Crippen molar-refractivity contribution in [1.82, 2.24) is 4.98 Å². The van der Waals surface area contributed by atoms with Gasteiger partial charge in [-0.15, -0.1) is 0 Å². The summed E-state index contributed by atoms with van der Waals surface area (Å²) in [4.78, 5) is 3.25. The quantitative estimate of drug-likeness (QED) is 0.655. The normalized spacial score (nSPS) is 9.70. The van der Waals surface area contributed by atoms with Gasteiger partial charge in [-0.1, -0.05) is 19.9 Å². The standard InChI is InChI=1S/C9H13N/c1-3-5-9-7-6-8(4-2)10-9/h4,6-7,10H,2-3,5H2,1H3. The van der Waals surface area contributed by atoms with Crippen LogP contribution in [0.5, 0.6) is 0 Å². The van der Waals surface area contributed by atoms with Crippen molar-refractivity contribution in [3.63, 3.8) is 0 Å². The second-order valence-corrected chi connectivity index (χ2v) is 2.39. The van der Waals surface area contributed by atoms with Crippen LogP contribution >= 0.6 is 0 Å². The Labute approximate surface area is 61.8 Å². The van der Waals surface area contributed by atoms with Gasteiger partial charge in [0, 0.05) is 11.4 Å². The lowest BCUT2D eigenvalue weighted by molar-refractivity contribution is 0.891. The molecule has 0 fully saturated rings. The Kier molecular flexibility index (Phi) is 2.32. The summed E-state index contributed by atoms with van der Waals surface area (Å²) in [5, 5.41) is 0. The summed E-state index contributed by atoms with van der Waals surface area (Å²) in [5.74, 6) is 0. The van der Waals surface area contributed by atoms with E-state index in [2.05, 4.69) is 30.6 Å². The van der Waals surface area contributed by atoms with E-state index in [-0.39, 0.29) is 0 Å². The highest BCUT2D eigenvalue weighted by atomic mass is 14.7. The van der Waals surface area contributed by atoms with Crippen LogP contribution in [0.4, 0.5) is 0 Å². The molecule has 1 aromatic rings.